The lowest BCUT2D eigenvalue weighted by molar-refractivity contribution is -0.119. The summed E-state index contributed by atoms with van der Waals surface area (Å²) in [5.41, 5.74) is 0.917. The molecule has 1 amide bonds. The smallest absolute Gasteiger partial charge is 0.338 e. The van der Waals surface area contributed by atoms with Crippen molar-refractivity contribution in [1.82, 2.24) is 9.29 Å². The predicted octanol–water partition coefficient (Wildman–Crippen LogP) is 3.67. The maximum absolute atomic E-state index is 13.1. The Bertz CT molecular complexity index is 1080. The molecule has 0 atom stereocenters. The van der Waals surface area contributed by atoms with Gasteiger partial charge >= 0.3 is 5.97 Å². The van der Waals surface area contributed by atoms with E-state index in [-0.39, 0.29) is 26.5 Å². The topological polar surface area (TPSA) is 106 Å². The zero-order chi connectivity index (χ0) is 22.6. The normalized spacial score (nSPS) is 14.8. The first-order valence-corrected chi connectivity index (χ1v) is 11.8. The van der Waals surface area contributed by atoms with E-state index in [4.69, 9.17) is 27.9 Å². The Morgan fingerprint density at radius 2 is 1.74 bits per heavy atom. The van der Waals surface area contributed by atoms with Crippen LogP contribution in [0.25, 0.3) is 0 Å². The van der Waals surface area contributed by atoms with Crippen LogP contribution in [0.2, 0.25) is 10.3 Å². The number of esters is 1. The van der Waals surface area contributed by atoms with Gasteiger partial charge in [0.05, 0.1) is 11.3 Å². The maximum atomic E-state index is 13.1. The van der Waals surface area contributed by atoms with E-state index < -0.39 is 28.5 Å². The second-order valence-corrected chi connectivity index (χ2v) is 9.77. The zero-order valence-electron chi connectivity index (χ0n) is 16.7. The second kappa shape index (κ2) is 9.95. The number of aromatic nitrogens is 1. The minimum atomic E-state index is -3.77. The summed E-state index contributed by atoms with van der Waals surface area (Å²) in [6.45, 7) is 2.04. The minimum absolute atomic E-state index is 0.0103. The summed E-state index contributed by atoms with van der Waals surface area (Å²) < 4.78 is 32.6. The molecule has 0 saturated carbocycles. The lowest BCUT2D eigenvalue weighted by atomic mass is 10.2. The molecule has 1 aliphatic rings. The Labute approximate surface area is 190 Å². The van der Waals surface area contributed by atoms with Crippen LogP contribution in [0.4, 0.5) is 5.69 Å². The molecule has 31 heavy (non-hydrogen) atoms. The number of hydrogen-bond donors (Lipinski definition) is 1. The van der Waals surface area contributed by atoms with Crippen molar-refractivity contribution in [2.45, 2.75) is 31.1 Å². The van der Waals surface area contributed by atoms with Crippen LogP contribution < -0.4 is 5.32 Å². The third-order valence-electron chi connectivity index (χ3n) is 4.68. The largest absolute Gasteiger partial charge is 0.452 e. The molecule has 2 aromatic rings. The molecule has 0 aliphatic carbocycles. The molecule has 1 saturated heterocycles. The molecule has 1 N–H and O–H groups in total. The van der Waals surface area contributed by atoms with Gasteiger partial charge in [0, 0.05) is 13.1 Å². The summed E-state index contributed by atoms with van der Waals surface area (Å²) in [5.74, 6) is -1.50. The second-order valence-electron chi connectivity index (χ2n) is 7.09. The molecule has 1 aromatic carbocycles. The van der Waals surface area contributed by atoms with Gasteiger partial charge in [-0.15, -0.1) is 0 Å². The summed E-state index contributed by atoms with van der Waals surface area (Å²) in [7, 11) is -3.77. The van der Waals surface area contributed by atoms with Gasteiger partial charge in [0.15, 0.2) is 6.61 Å². The summed E-state index contributed by atoms with van der Waals surface area (Å²) in [4.78, 5) is 28.2. The number of carbonyl (C=O) groups is 2. The summed E-state index contributed by atoms with van der Waals surface area (Å²) in [6.07, 6.45) is 2.58. The SMILES string of the molecule is Cc1ccc(NC(=O)COC(=O)c2cc(Cl)nc(Cl)c2)c(S(=O)(=O)N2CCCCC2)c1. The van der Waals surface area contributed by atoms with Gasteiger partial charge in [0.1, 0.15) is 15.2 Å². The fraction of sp³-hybridized carbons (Fsp3) is 0.350. The molecule has 166 valence electrons. The number of halogens is 2. The van der Waals surface area contributed by atoms with E-state index >= 15 is 0 Å². The van der Waals surface area contributed by atoms with E-state index in [2.05, 4.69) is 10.3 Å². The van der Waals surface area contributed by atoms with Crippen LogP contribution in [-0.2, 0) is 19.6 Å². The Hall–Kier alpha value is -2.20. The quantitative estimate of drug-likeness (QED) is 0.494. The highest BCUT2D eigenvalue weighted by atomic mass is 35.5. The van der Waals surface area contributed by atoms with Crippen LogP contribution in [0.5, 0.6) is 0 Å². The fourth-order valence-corrected chi connectivity index (χ4v) is 5.38. The number of piperidine rings is 1. The Kier molecular flexibility index (Phi) is 7.53. The van der Waals surface area contributed by atoms with Crippen molar-refractivity contribution in [1.29, 1.82) is 0 Å². The molecule has 0 spiro atoms. The molecule has 1 aliphatic heterocycles. The first-order chi connectivity index (χ1) is 14.7. The van der Waals surface area contributed by atoms with Crippen LogP contribution >= 0.6 is 23.2 Å². The fourth-order valence-electron chi connectivity index (χ4n) is 3.17. The number of sulfonamides is 1. The van der Waals surface area contributed by atoms with Crippen molar-refractivity contribution in [3.63, 3.8) is 0 Å². The highest BCUT2D eigenvalue weighted by Gasteiger charge is 2.29. The first-order valence-electron chi connectivity index (χ1n) is 9.58. The first kappa shape index (κ1) is 23.5. The molecular formula is C20H21Cl2N3O5S. The standard InChI is InChI=1S/C20H21Cl2N3O5S/c1-13-5-6-15(16(9-13)31(28,29)25-7-3-2-4-8-25)23-19(26)12-30-20(27)14-10-17(21)24-18(22)11-14/h5-6,9-11H,2-4,7-8,12H2,1H3,(H,23,26). The van der Waals surface area contributed by atoms with Gasteiger partial charge in [-0.3, -0.25) is 4.79 Å². The number of anilines is 1. The number of benzene rings is 1. The average Bonchev–Trinajstić information content (AvgIpc) is 2.73. The molecule has 0 bridgehead atoms. The Balaban J connectivity index is 1.72. The number of hydrogen-bond acceptors (Lipinski definition) is 6. The van der Waals surface area contributed by atoms with Gasteiger partial charge in [0.25, 0.3) is 5.91 Å². The number of nitrogens with zero attached hydrogens (tertiary/aromatic N) is 2. The Morgan fingerprint density at radius 1 is 1.10 bits per heavy atom. The number of amides is 1. The molecule has 1 fully saturated rings. The number of nitrogens with one attached hydrogen (secondary N) is 1. The van der Waals surface area contributed by atoms with E-state index in [1.165, 1.54) is 28.6 Å². The van der Waals surface area contributed by atoms with Gasteiger partial charge in [-0.2, -0.15) is 4.31 Å². The van der Waals surface area contributed by atoms with Gasteiger partial charge in [0.2, 0.25) is 10.0 Å². The third-order valence-corrected chi connectivity index (χ3v) is 7.00. The van der Waals surface area contributed by atoms with E-state index in [9.17, 15) is 18.0 Å². The summed E-state index contributed by atoms with van der Waals surface area (Å²) in [5, 5.41) is 2.55. The van der Waals surface area contributed by atoms with Crippen molar-refractivity contribution in [2.24, 2.45) is 0 Å². The van der Waals surface area contributed by atoms with Crippen LogP contribution in [-0.4, -0.2) is 49.3 Å². The van der Waals surface area contributed by atoms with Gasteiger partial charge in [-0.1, -0.05) is 35.7 Å². The van der Waals surface area contributed by atoms with Crippen molar-refractivity contribution in [3.8, 4) is 0 Å². The van der Waals surface area contributed by atoms with Crippen LogP contribution in [0.15, 0.2) is 35.2 Å². The van der Waals surface area contributed by atoms with Crippen molar-refractivity contribution < 1.29 is 22.7 Å². The number of ether oxygens (including phenoxy) is 1. The van der Waals surface area contributed by atoms with Gasteiger partial charge in [-0.05, 0) is 49.6 Å². The van der Waals surface area contributed by atoms with E-state index in [1.807, 2.05) is 0 Å². The lowest BCUT2D eigenvalue weighted by Crippen LogP contribution is -2.36. The summed E-state index contributed by atoms with van der Waals surface area (Å²) >= 11 is 11.5. The molecule has 8 nitrogen and oxygen atoms in total. The number of rotatable bonds is 6. The maximum Gasteiger partial charge on any atom is 0.338 e. The molecule has 11 heteroatoms. The van der Waals surface area contributed by atoms with Gasteiger partial charge < -0.3 is 10.1 Å². The van der Waals surface area contributed by atoms with E-state index in [1.54, 1.807) is 13.0 Å². The number of aryl methyl sites for hydroxylation is 1. The molecule has 3 rings (SSSR count). The zero-order valence-corrected chi connectivity index (χ0v) is 19.1. The van der Waals surface area contributed by atoms with Crippen molar-refractivity contribution in [3.05, 3.63) is 51.8 Å². The lowest BCUT2D eigenvalue weighted by Gasteiger charge is -2.27. The molecule has 1 aromatic heterocycles. The van der Waals surface area contributed by atoms with Crippen molar-refractivity contribution in [2.75, 3.05) is 25.0 Å². The highest BCUT2D eigenvalue weighted by molar-refractivity contribution is 7.89. The Morgan fingerprint density at radius 3 is 2.39 bits per heavy atom. The van der Waals surface area contributed by atoms with Crippen molar-refractivity contribution >= 4 is 50.8 Å². The third kappa shape index (κ3) is 5.94. The molecule has 0 unspecified atom stereocenters. The number of pyridine rings is 1. The van der Waals surface area contributed by atoms with E-state index in [0.717, 1.165) is 24.8 Å². The molecular weight excluding hydrogens is 465 g/mol. The van der Waals surface area contributed by atoms with Gasteiger partial charge in [-0.25, -0.2) is 18.2 Å². The molecule has 0 radical (unpaired) electrons. The van der Waals surface area contributed by atoms with E-state index in [0.29, 0.717) is 13.1 Å². The van der Waals surface area contributed by atoms with Crippen LogP contribution in [0.1, 0.15) is 35.2 Å². The summed E-state index contributed by atoms with van der Waals surface area (Å²) in [6, 6.07) is 7.26. The minimum Gasteiger partial charge on any atom is -0.452 e. The predicted molar refractivity (Wildman–Crippen MR) is 117 cm³/mol. The monoisotopic (exact) mass is 485 g/mol. The molecule has 2 heterocycles. The van der Waals surface area contributed by atoms with Crippen LogP contribution in [0, 0.1) is 6.92 Å². The highest BCUT2D eigenvalue weighted by Crippen LogP contribution is 2.28. The number of carbonyl (C=O) groups excluding carboxylic acids is 2. The average molecular weight is 486 g/mol. The van der Waals surface area contributed by atoms with Crippen LogP contribution in [0.3, 0.4) is 0 Å².